The summed E-state index contributed by atoms with van der Waals surface area (Å²) < 4.78 is 1.81. The maximum Gasteiger partial charge on any atom is 0.217 e. The van der Waals surface area contributed by atoms with Gasteiger partial charge in [0.05, 0.1) is 11.4 Å². The molecule has 2 aromatic heterocycles. The number of pyridine rings is 1. The Morgan fingerprint density at radius 1 is 1.18 bits per heavy atom. The Labute approximate surface area is 128 Å². The lowest BCUT2D eigenvalue weighted by Crippen LogP contribution is -2.18. The van der Waals surface area contributed by atoms with Gasteiger partial charge in [-0.05, 0) is 29.8 Å². The standard InChI is InChI=1S/C17H16N4O/c1-13(22)18-11-14-3-8-17(19-12-14)15-4-6-16(7-5-15)21-10-2-9-20-21/h2-10,12H,11H2,1H3,(H,18,22). The van der Waals surface area contributed by atoms with Crippen molar-refractivity contribution in [2.75, 3.05) is 0 Å². The molecular formula is C17H16N4O. The van der Waals surface area contributed by atoms with E-state index >= 15 is 0 Å². The van der Waals surface area contributed by atoms with Gasteiger partial charge in [-0.1, -0.05) is 18.2 Å². The van der Waals surface area contributed by atoms with E-state index in [2.05, 4.69) is 15.4 Å². The number of benzene rings is 1. The highest BCUT2D eigenvalue weighted by atomic mass is 16.1. The predicted molar refractivity (Wildman–Crippen MR) is 84.3 cm³/mol. The monoisotopic (exact) mass is 292 g/mol. The van der Waals surface area contributed by atoms with E-state index in [-0.39, 0.29) is 5.91 Å². The fourth-order valence-corrected chi connectivity index (χ4v) is 2.13. The van der Waals surface area contributed by atoms with Crippen molar-refractivity contribution in [1.82, 2.24) is 20.1 Å². The fraction of sp³-hybridized carbons (Fsp3) is 0.118. The second-order valence-electron chi connectivity index (χ2n) is 4.96. The molecule has 5 nitrogen and oxygen atoms in total. The Balaban J connectivity index is 1.75. The number of nitrogens with one attached hydrogen (secondary N) is 1. The number of amides is 1. The van der Waals surface area contributed by atoms with E-state index in [9.17, 15) is 4.79 Å². The third kappa shape index (κ3) is 3.20. The Bertz CT molecular complexity index is 746. The quantitative estimate of drug-likeness (QED) is 0.804. The molecule has 5 heteroatoms. The van der Waals surface area contributed by atoms with Gasteiger partial charge in [0.15, 0.2) is 0 Å². The fourth-order valence-electron chi connectivity index (χ4n) is 2.13. The van der Waals surface area contributed by atoms with Crippen LogP contribution in [0.25, 0.3) is 16.9 Å². The van der Waals surface area contributed by atoms with Crippen LogP contribution in [0.15, 0.2) is 61.1 Å². The molecule has 0 radical (unpaired) electrons. The highest BCUT2D eigenvalue weighted by Gasteiger charge is 2.02. The third-order valence-electron chi connectivity index (χ3n) is 3.30. The maximum absolute atomic E-state index is 10.9. The van der Waals surface area contributed by atoms with Crippen LogP contribution in [0.4, 0.5) is 0 Å². The van der Waals surface area contributed by atoms with Crippen molar-refractivity contribution in [1.29, 1.82) is 0 Å². The minimum atomic E-state index is -0.0433. The summed E-state index contributed by atoms with van der Waals surface area (Å²) in [5.41, 5.74) is 3.93. The molecule has 0 bridgehead atoms. The summed E-state index contributed by atoms with van der Waals surface area (Å²) in [5.74, 6) is -0.0433. The molecule has 0 saturated heterocycles. The van der Waals surface area contributed by atoms with Crippen LogP contribution in [0.3, 0.4) is 0 Å². The molecule has 1 amide bonds. The molecule has 3 aromatic rings. The van der Waals surface area contributed by atoms with Crippen LogP contribution in [-0.2, 0) is 11.3 Å². The first-order valence-corrected chi connectivity index (χ1v) is 7.02. The number of carbonyl (C=O) groups excluding carboxylic acids is 1. The van der Waals surface area contributed by atoms with E-state index in [1.54, 1.807) is 12.4 Å². The summed E-state index contributed by atoms with van der Waals surface area (Å²) in [6.45, 7) is 2.00. The Hall–Kier alpha value is -2.95. The number of hydrogen-bond acceptors (Lipinski definition) is 3. The molecule has 22 heavy (non-hydrogen) atoms. The number of carbonyl (C=O) groups is 1. The highest BCUT2D eigenvalue weighted by molar-refractivity contribution is 5.72. The second-order valence-corrected chi connectivity index (χ2v) is 4.96. The van der Waals surface area contributed by atoms with Crippen molar-refractivity contribution in [2.45, 2.75) is 13.5 Å². The van der Waals surface area contributed by atoms with Crippen LogP contribution in [0.2, 0.25) is 0 Å². The van der Waals surface area contributed by atoms with Crippen molar-refractivity contribution in [3.8, 4) is 16.9 Å². The van der Waals surface area contributed by atoms with E-state index in [0.717, 1.165) is 22.5 Å². The zero-order valence-corrected chi connectivity index (χ0v) is 12.2. The molecule has 1 N–H and O–H groups in total. The first-order chi connectivity index (χ1) is 10.7. The number of aromatic nitrogens is 3. The number of rotatable bonds is 4. The number of hydrogen-bond donors (Lipinski definition) is 1. The van der Waals surface area contributed by atoms with E-state index in [1.807, 2.05) is 53.3 Å². The zero-order valence-electron chi connectivity index (χ0n) is 12.2. The number of nitrogens with zero attached hydrogens (tertiary/aromatic N) is 3. The molecule has 0 spiro atoms. The molecule has 0 saturated carbocycles. The lowest BCUT2D eigenvalue weighted by atomic mass is 10.1. The van der Waals surface area contributed by atoms with Crippen molar-refractivity contribution in [2.24, 2.45) is 0 Å². The van der Waals surface area contributed by atoms with E-state index < -0.39 is 0 Å². The molecule has 110 valence electrons. The first-order valence-electron chi connectivity index (χ1n) is 7.02. The van der Waals surface area contributed by atoms with Gasteiger partial charge in [0.1, 0.15) is 0 Å². The van der Waals surface area contributed by atoms with Crippen LogP contribution >= 0.6 is 0 Å². The van der Waals surface area contributed by atoms with E-state index in [1.165, 1.54) is 6.92 Å². The van der Waals surface area contributed by atoms with Gasteiger partial charge in [0.2, 0.25) is 5.91 Å². The summed E-state index contributed by atoms with van der Waals surface area (Å²) >= 11 is 0. The van der Waals surface area contributed by atoms with Gasteiger partial charge < -0.3 is 5.32 Å². The average molecular weight is 292 g/mol. The van der Waals surface area contributed by atoms with Crippen LogP contribution < -0.4 is 5.32 Å². The molecule has 0 aliphatic carbocycles. The predicted octanol–water partition coefficient (Wildman–Crippen LogP) is 2.57. The molecule has 0 fully saturated rings. The molecular weight excluding hydrogens is 276 g/mol. The summed E-state index contributed by atoms with van der Waals surface area (Å²) in [6.07, 6.45) is 5.44. The summed E-state index contributed by atoms with van der Waals surface area (Å²) in [6, 6.07) is 13.9. The first kappa shape index (κ1) is 14.0. The Morgan fingerprint density at radius 3 is 2.59 bits per heavy atom. The van der Waals surface area contributed by atoms with Gasteiger partial charge in [0, 0.05) is 37.6 Å². The third-order valence-corrected chi connectivity index (χ3v) is 3.30. The largest absolute Gasteiger partial charge is 0.352 e. The summed E-state index contributed by atoms with van der Waals surface area (Å²) in [4.78, 5) is 15.3. The molecule has 2 heterocycles. The van der Waals surface area contributed by atoms with Gasteiger partial charge >= 0.3 is 0 Å². The summed E-state index contributed by atoms with van der Waals surface area (Å²) in [5, 5.41) is 6.96. The molecule has 0 atom stereocenters. The maximum atomic E-state index is 10.9. The normalized spacial score (nSPS) is 10.4. The lowest BCUT2D eigenvalue weighted by molar-refractivity contribution is -0.119. The van der Waals surface area contributed by atoms with Gasteiger partial charge in [-0.2, -0.15) is 5.10 Å². The van der Waals surface area contributed by atoms with Crippen LogP contribution in [0.5, 0.6) is 0 Å². The van der Waals surface area contributed by atoms with Crippen LogP contribution in [-0.4, -0.2) is 20.7 Å². The molecule has 3 rings (SSSR count). The lowest BCUT2D eigenvalue weighted by Gasteiger charge is -2.06. The van der Waals surface area contributed by atoms with Gasteiger partial charge in [-0.15, -0.1) is 0 Å². The van der Waals surface area contributed by atoms with Crippen molar-refractivity contribution in [3.05, 3.63) is 66.6 Å². The second kappa shape index (κ2) is 6.22. The van der Waals surface area contributed by atoms with Crippen molar-refractivity contribution < 1.29 is 4.79 Å². The van der Waals surface area contributed by atoms with Gasteiger partial charge in [0.25, 0.3) is 0 Å². The topological polar surface area (TPSA) is 59.8 Å². The highest BCUT2D eigenvalue weighted by Crippen LogP contribution is 2.19. The summed E-state index contributed by atoms with van der Waals surface area (Å²) in [7, 11) is 0. The van der Waals surface area contributed by atoms with Crippen molar-refractivity contribution >= 4 is 5.91 Å². The van der Waals surface area contributed by atoms with Crippen LogP contribution in [0.1, 0.15) is 12.5 Å². The van der Waals surface area contributed by atoms with Crippen LogP contribution in [0, 0.1) is 0 Å². The molecule has 0 unspecified atom stereocenters. The Morgan fingerprint density at radius 2 is 2.00 bits per heavy atom. The average Bonchev–Trinajstić information content (AvgIpc) is 3.08. The molecule has 0 aliphatic heterocycles. The zero-order chi connectivity index (χ0) is 15.4. The molecule has 1 aromatic carbocycles. The van der Waals surface area contributed by atoms with Crippen molar-refractivity contribution in [3.63, 3.8) is 0 Å². The smallest absolute Gasteiger partial charge is 0.217 e. The van der Waals surface area contributed by atoms with E-state index in [4.69, 9.17) is 0 Å². The minimum absolute atomic E-state index is 0.0433. The van der Waals surface area contributed by atoms with E-state index in [0.29, 0.717) is 6.54 Å². The SMILES string of the molecule is CC(=O)NCc1ccc(-c2ccc(-n3cccn3)cc2)nc1. The molecule has 0 aliphatic rings. The Kier molecular flexibility index (Phi) is 3.96. The van der Waals surface area contributed by atoms with Gasteiger partial charge in [-0.25, -0.2) is 4.68 Å². The minimum Gasteiger partial charge on any atom is -0.352 e. The van der Waals surface area contributed by atoms with Gasteiger partial charge in [-0.3, -0.25) is 9.78 Å².